The van der Waals surface area contributed by atoms with Crippen LogP contribution in [0.4, 0.5) is 10.1 Å². The Bertz CT molecular complexity index is 351. The van der Waals surface area contributed by atoms with Gasteiger partial charge in [-0.25, -0.2) is 4.39 Å². The molecule has 0 fully saturated rings. The van der Waals surface area contributed by atoms with Gasteiger partial charge in [0.1, 0.15) is 5.82 Å². The van der Waals surface area contributed by atoms with Crippen LogP contribution in [0.15, 0.2) is 24.3 Å². The fourth-order valence-electron chi connectivity index (χ4n) is 2.45. The molecule has 1 aromatic rings. The molecule has 0 bridgehead atoms. The normalized spacial score (nSPS) is 12.4. The van der Waals surface area contributed by atoms with Crippen LogP contribution in [0.5, 0.6) is 0 Å². The van der Waals surface area contributed by atoms with Gasteiger partial charge in [0.15, 0.2) is 0 Å². The molecule has 0 aromatic heterocycles. The molecule has 0 saturated carbocycles. The lowest BCUT2D eigenvalue weighted by Crippen LogP contribution is -2.31. The molecule has 114 valence electrons. The minimum atomic E-state index is -0.167. The fraction of sp³-hybridized carbons (Fsp3) is 0.647. The van der Waals surface area contributed by atoms with Gasteiger partial charge < -0.3 is 10.2 Å². The van der Waals surface area contributed by atoms with E-state index in [0.717, 1.165) is 25.3 Å². The molecule has 2 nitrogen and oxygen atoms in total. The van der Waals surface area contributed by atoms with Crippen molar-refractivity contribution in [3.63, 3.8) is 0 Å². The van der Waals surface area contributed by atoms with E-state index in [1.54, 1.807) is 0 Å². The summed E-state index contributed by atoms with van der Waals surface area (Å²) in [6, 6.07) is 7.43. The van der Waals surface area contributed by atoms with Crippen LogP contribution < -0.4 is 10.2 Å². The van der Waals surface area contributed by atoms with Crippen molar-refractivity contribution in [1.29, 1.82) is 0 Å². The van der Waals surface area contributed by atoms with Crippen LogP contribution >= 0.6 is 0 Å². The van der Waals surface area contributed by atoms with E-state index in [1.807, 2.05) is 12.1 Å². The van der Waals surface area contributed by atoms with Crippen molar-refractivity contribution >= 4 is 5.69 Å². The van der Waals surface area contributed by atoms with Gasteiger partial charge in [-0.05, 0) is 63.4 Å². The van der Waals surface area contributed by atoms with Gasteiger partial charge in [0, 0.05) is 24.8 Å². The minimum Gasteiger partial charge on any atom is -0.372 e. The Labute approximate surface area is 123 Å². The minimum absolute atomic E-state index is 0.167. The summed E-state index contributed by atoms with van der Waals surface area (Å²) in [6.07, 6.45) is 4.74. The summed E-state index contributed by atoms with van der Waals surface area (Å²) >= 11 is 0. The maximum atomic E-state index is 12.9. The van der Waals surface area contributed by atoms with E-state index >= 15 is 0 Å². The largest absolute Gasteiger partial charge is 0.372 e. The molecule has 1 unspecified atom stereocenters. The average Bonchev–Trinajstić information content (AvgIpc) is 2.48. The Hall–Kier alpha value is -1.09. The van der Waals surface area contributed by atoms with Crippen LogP contribution in [0, 0.1) is 5.82 Å². The zero-order valence-electron chi connectivity index (χ0n) is 13.2. The standard InChI is InChI=1S/C17H29FN2/c1-4-13-19-16(5-2)8-7-14-20(6-3)17-11-9-15(18)10-12-17/h9-12,16,19H,4-8,13-14H2,1-3H3. The number of nitrogens with one attached hydrogen (secondary N) is 1. The second kappa shape index (κ2) is 9.76. The van der Waals surface area contributed by atoms with Crippen LogP contribution in [0.2, 0.25) is 0 Å². The van der Waals surface area contributed by atoms with Gasteiger partial charge in [-0.15, -0.1) is 0 Å². The van der Waals surface area contributed by atoms with E-state index < -0.39 is 0 Å². The van der Waals surface area contributed by atoms with Crippen LogP contribution in [0.25, 0.3) is 0 Å². The highest BCUT2D eigenvalue weighted by Crippen LogP contribution is 2.15. The summed E-state index contributed by atoms with van der Waals surface area (Å²) < 4.78 is 12.9. The number of rotatable bonds is 10. The van der Waals surface area contributed by atoms with Crippen LogP contribution in [-0.2, 0) is 0 Å². The number of nitrogens with zero attached hydrogens (tertiary/aromatic N) is 1. The zero-order valence-corrected chi connectivity index (χ0v) is 13.2. The summed E-state index contributed by atoms with van der Waals surface area (Å²) in [5.41, 5.74) is 1.11. The van der Waals surface area contributed by atoms with E-state index in [2.05, 4.69) is 31.0 Å². The topological polar surface area (TPSA) is 15.3 Å². The van der Waals surface area contributed by atoms with Gasteiger partial charge in [-0.1, -0.05) is 13.8 Å². The van der Waals surface area contributed by atoms with Gasteiger partial charge in [0.25, 0.3) is 0 Å². The summed E-state index contributed by atoms with van der Waals surface area (Å²) in [6.45, 7) is 9.69. The van der Waals surface area contributed by atoms with E-state index in [1.165, 1.54) is 37.8 Å². The third-order valence-electron chi connectivity index (χ3n) is 3.73. The summed E-state index contributed by atoms with van der Waals surface area (Å²) in [5.74, 6) is -0.167. The Morgan fingerprint density at radius 1 is 1.15 bits per heavy atom. The lowest BCUT2D eigenvalue weighted by molar-refractivity contribution is 0.455. The molecule has 0 heterocycles. The fourth-order valence-corrected chi connectivity index (χ4v) is 2.45. The van der Waals surface area contributed by atoms with Crippen molar-refractivity contribution < 1.29 is 4.39 Å². The van der Waals surface area contributed by atoms with Gasteiger partial charge in [-0.3, -0.25) is 0 Å². The van der Waals surface area contributed by atoms with Crippen molar-refractivity contribution in [2.75, 3.05) is 24.5 Å². The number of anilines is 1. The van der Waals surface area contributed by atoms with Crippen molar-refractivity contribution in [3.05, 3.63) is 30.1 Å². The molecule has 0 radical (unpaired) electrons. The van der Waals surface area contributed by atoms with Crippen LogP contribution in [-0.4, -0.2) is 25.7 Å². The molecule has 1 rings (SSSR count). The number of hydrogen-bond donors (Lipinski definition) is 1. The first kappa shape index (κ1) is 17.0. The Morgan fingerprint density at radius 2 is 1.85 bits per heavy atom. The SMILES string of the molecule is CCCNC(CC)CCCN(CC)c1ccc(F)cc1. The summed E-state index contributed by atoms with van der Waals surface area (Å²) in [5, 5.41) is 3.59. The molecule has 0 aliphatic carbocycles. The first-order valence-corrected chi connectivity index (χ1v) is 7.95. The van der Waals surface area contributed by atoms with Crippen molar-refractivity contribution in [3.8, 4) is 0 Å². The van der Waals surface area contributed by atoms with E-state index in [9.17, 15) is 4.39 Å². The van der Waals surface area contributed by atoms with Gasteiger partial charge in [-0.2, -0.15) is 0 Å². The second-order valence-corrected chi connectivity index (χ2v) is 5.26. The van der Waals surface area contributed by atoms with Crippen LogP contribution in [0.3, 0.4) is 0 Å². The molecular weight excluding hydrogens is 251 g/mol. The Morgan fingerprint density at radius 3 is 2.40 bits per heavy atom. The summed E-state index contributed by atoms with van der Waals surface area (Å²) in [7, 11) is 0. The molecule has 0 saturated heterocycles. The molecule has 0 aliphatic heterocycles. The molecule has 1 aromatic carbocycles. The van der Waals surface area contributed by atoms with E-state index in [4.69, 9.17) is 0 Å². The number of halogens is 1. The van der Waals surface area contributed by atoms with Gasteiger partial charge in [0.05, 0.1) is 0 Å². The monoisotopic (exact) mass is 280 g/mol. The van der Waals surface area contributed by atoms with Crippen LogP contribution in [0.1, 0.15) is 46.5 Å². The maximum Gasteiger partial charge on any atom is 0.123 e. The first-order valence-electron chi connectivity index (χ1n) is 7.95. The predicted molar refractivity (Wildman–Crippen MR) is 85.9 cm³/mol. The molecule has 0 aliphatic rings. The Kier molecular flexibility index (Phi) is 8.28. The zero-order chi connectivity index (χ0) is 14.8. The third-order valence-corrected chi connectivity index (χ3v) is 3.73. The van der Waals surface area contributed by atoms with Crippen molar-refractivity contribution in [1.82, 2.24) is 5.32 Å². The first-order chi connectivity index (χ1) is 9.71. The highest BCUT2D eigenvalue weighted by Gasteiger charge is 2.08. The smallest absolute Gasteiger partial charge is 0.123 e. The van der Waals surface area contributed by atoms with E-state index in [0.29, 0.717) is 6.04 Å². The van der Waals surface area contributed by atoms with Crippen molar-refractivity contribution in [2.45, 2.75) is 52.5 Å². The van der Waals surface area contributed by atoms with Crippen molar-refractivity contribution in [2.24, 2.45) is 0 Å². The average molecular weight is 280 g/mol. The predicted octanol–water partition coefficient (Wildman–Crippen LogP) is 4.21. The number of hydrogen-bond acceptors (Lipinski definition) is 2. The molecule has 1 atom stereocenters. The molecule has 1 N–H and O–H groups in total. The third kappa shape index (κ3) is 5.91. The molecular formula is C17H29FN2. The highest BCUT2D eigenvalue weighted by atomic mass is 19.1. The Balaban J connectivity index is 2.39. The molecule has 3 heteroatoms. The lowest BCUT2D eigenvalue weighted by Gasteiger charge is -2.24. The molecule has 20 heavy (non-hydrogen) atoms. The summed E-state index contributed by atoms with van der Waals surface area (Å²) in [4.78, 5) is 2.31. The quantitative estimate of drug-likeness (QED) is 0.690. The highest BCUT2D eigenvalue weighted by molar-refractivity contribution is 5.45. The molecule has 0 amide bonds. The maximum absolute atomic E-state index is 12.9. The van der Waals surface area contributed by atoms with E-state index in [-0.39, 0.29) is 5.82 Å². The second-order valence-electron chi connectivity index (χ2n) is 5.26. The van der Waals surface area contributed by atoms with Gasteiger partial charge >= 0.3 is 0 Å². The molecule has 0 spiro atoms. The number of benzene rings is 1. The lowest BCUT2D eigenvalue weighted by atomic mass is 10.1. The van der Waals surface area contributed by atoms with Gasteiger partial charge in [0.2, 0.25) is 0 Å².